The zero-order valence-electron chi connectivity index (χ0n) is 9.76. The van der Waals surface area contributed by atoms with E-state index >= 15 is 0 Å². The quantitative estimate of drug-likeness (QED) is 0.576. The number of carbonyl (C=O) groups excluding carboxylic acids is 1. The standard InChI is InChI=1S/C10H17N5O2/c1-15-6-13-14-9(15)2-3-11-10(17)8-4-7(16)5-12-8/h6-8,12,16H,2-5H2,1H3,(H,11,17). The Morgan fingerprint density at radius 1 is 1.76 bits per heavy atom. The van der Waals surface area contributed by atoms with Crippen LogP contribution < -0.4 is 10.6 Å². The van der Waals surface area contributed by atoms with E-state index in [1.165, 1.54) is 0 Å². The predicted molar refractivity (Wildman–Crippen MR) is 60.1 cm³/mol. The summed E-state index contributed by atoms with van der Waals surface area (Å²) in [7, 11) is 1.87. The van der Waals surface area contributed by atoms with Gasteiger partial charge in [0.25, 0.3) is 0 Å². The van der Waals surface area contributed by atoms with Gasteiger partial charge in [0.05, 0.1) is 12.1 Å². The Morgan fingerprint density at radius 2 is 2.59 bits per heavy atom. The minimum Gasteiger partial charge on any atom is -0.392 e. The molecule has 1 aromatic heterocycles. The van der Waals surface area contributed by atoms with Crippen molar-refractivity contribution in [3.8, 4) is 0 Å². The number of β-amino-alcohol motifs (C(OH)–C–C–N with tert-alkyl or cyclic N) is 1. The van der Waals surface area contributed by atoms with E-state index in [-0.39, 0.29) is 11.9 Å². The fraction of sp³-hybridized carbons (Fsp3) is 0.700. The molecule has 94 valence electrons. The number of nitrogens with zero attached hydrogens (tertiary/aromatic N) is 3. The van der Waals surface area contributed by atoms with Crippen molar-refractivity contribution in [2.75, 3.05) is 13.1 Å². The van der Waals surface area contributed by atoms with Gasteiger partial charge in [-0.25, -0.2) is 0 Å². The van der Waals surface area contributed by atoms with Crippen molar-refractivity contribution in [3.05, 3.63) is 12.2 Å². The molecule has 1 fully saturated rings. The molecule has 2 heterocycles. The number of aromatic nitrogens is 3. The van der Waals surface area contributed by atoms with Gasteiger partial charge in [-0.05, 0) is 6.42 Å². The predicted octanol–water partition coefficient (Wildman–Crippen LogP) is -1.80. The highest BCUT2D eigenvalue weighted by Gasteiger charge is 2.27. The van der Waals surface area contributed by atoms with Crippen LogP contribution in [0.2, 0.25) is 0 Å². The van der Waals surface area contributed by atoms with Gasteiger partial charge in [0, 0.05) is 26.6 Å². The number of aliphatic hydroxyl groups excluding tert-OH is 1. The SMILES string of the molecule is Cn1cnnc1CCNC(=O)C1CC(O)CN1. The smallest absolute Gasteiger partial charge is 0.237 e. The Bertz CT molecular complexity index is 392. The summed E-state index contributed by atoms with van der Waals surface area (Å²) in [5.74, 6) is 0.772. The molecule has 0 spiro atoms. The molecule has 0 saturated carbocycles. The molecule has 7 heteroatoms. The highest BCUT2D eigenvalue weighted by atomic mass is 16.3. The van der Waals surface area contributed by atoms with E-state index in [0.29, 0.717) is 25.9 Å². The first-order chi connectivity index (χ1) is 8.16. The summed E-state index contributed by atoms with van der Waals surface area (Å²) in [6.07, 6.45) is 2.35. The number of amides is 1. The van der Waals surface area contributed by atoms with E-state index in [9.17, 15) is 9.90 Å². The number of hydrogen-bond acceptors (Lipinski definition) is 5. The van der Waals surface area contributed by atoms with Crippen molar-refractivity contribution in [1.29, 1.82) is 0 Å². The van der Waals surface area contributed by atoms with E-state index in [4.69, 9.17) is 0 Å². The van der Waals surface area contributed by atoms with Crippen molar-refractivity contribution in [2.45, 2.75) is 25.0 Å². The number of hydrogen-bond donors (Lipinski definition) is 3. The minimum atomic E-state index is -0.413. The summed E-state index contributed by atoms with van der Waals surface area (Å²) in [5, 5.41) is 22.8. The van der Waals surface area contributed by atoms with E-state index in [1.807, 2.05) is 11.6 Å². The number of nitrogens with one attached hydrogen (secondary N) is 2. The summed E-state index contributed by atoms with van der Waals surface area (Å²) in [6.45, 7) is 1.01. The van der Waals surface area contributed by atoms with Gasteiger partial charge in [-0.15, -0.1) is 10.2 Å². The van der Waals surface area contributed by atoms with Gasteiger partial charge in [-0.3, -0.25) is 4.79 Å². The summed E-state index contributed by atoms with van der Waals surface area (Å²) < 4.78 is 1.82. The molecule has 2 atom stereocenters. The average molecular weight is 239 g/mol. The van der Waals surface area contributed by atoms with Crippen LogP contribution in [-0.4, -0.2) is 51.0 Å². The third-order valence-corrected chi connectivity index (χ3v) is 2.88. The van der Waals surface area contributed by atoms with Crippen LogP contribution in [0, 0.1) is 0 Å². The molecule has 0 aliphatic carbocycles. The lowest BCUT2D eigenvalue weighted by atomic mass is 10.2. The van der Waals surface area contributed by atoms with Crippen LogP contribution in [0.3, 0.4) is 0 Å². The topological polar surface area (TPSA) is 92.1 Å². The first kappa shape index (κ1) is 12.0. The van der Waals surface area contributed by atoms with Crippen molar-refractivity contribution < 1.29 is 9.90 Å². The van der Waals surface area contributed by atoms with Crippen molar-refractivity contribution >= 4 is 5.91 Å². The molecule has 0 aromatic carbocycles. The van der Waals surface area contributed by atoms with E-state index < -0.39 is 6.10 Å². The summed E-state index contributed by atoms with van der Waals surface area (Å²) in [4.78, 5) is 11.7. The number of aliphatic hydroxyl groups is 1. The normalized spacial score (nSPS) is 23.9. The molecule has 1 saturated heterocycles. The molecule has 1 aromatic rings. The third kappa shape index (κ3) is 3.01. The molecular weight excluding hydrogens is 222 g/mol. The van der Waals surface area contributed by atoms with Crippen LogP contribution >= 0.6 is 0 Å². The van der Waals surface area contributed by atoms with Crippen LogP contribution in [0.15, 0.2) is 6.33 Å². The number of rotatable bonds is 4. The molecule has 3 N–H and O–H groups in total. The molecule has 0 radical (unpaired) electrons. The van der Waals surface area contributed by atoms with Crippen LogP contribution in [0.1, 0.15) is 12.2 Å². The summed E-state index contributed by atoms with van der Waals surface area (Å²) >= 11 is 0. The van der Waals surface area contributed by atoms with E-state index in [0.717, 1.165) is 5.82 Å². The monoisotopic (exact) mass is 239 g/mol. The fourth-order valence-electron chi connectivity index (χ4n) is 1.87. The second-order valence-corrected chi connectivity index (χ2v) is 4.25. The minimum absolute atomic E-state index is 0.0660. The molecule has 1 aliphatic rings. The van der Waals surface area contributed by atoms with Gasteiger partial charge in [0.2, 0.25) is 5.91 Å². The maximum Gasteiger partial charge on any atom is 0.237 e. The zero-order valence-corrected chi connectivity index (χ0v) is 9.76. The molecule has 7 nitrogen and oxygen atoms in total. The second-order valence-electron chi connectivity index (χ2n) is 4.25. The first-order valence-electron chi connectivity index (χ1n) is 5.69. The van der Waals surface area contributed by atoms with Gasteiger partial charge in [0.1, 0.15) is 12.2 Å². The van der Waals surface area contributed by atoms with Crippen LogP contribution in [0.5, 0.6) is 0 Å². The molecule has 17 heavy (non-hydrogen) atoms. The van der Waals surface area contributed by atoms with Crippen molar-refractivity contribution in [1.82, 2.24) is 25.4 Å². The highest BCUT2D eigenvalue weighted by Crippen LogP contribution is 2.05. The maximum atomic E-state index is 11.7. The number of carbonyl (C=O) groups is 1. The lowest BCUT2D eigenvalue weighted by molar-refractivity contribution is -0.122. The molecule has 2 unspecified atom stereocenters. The zero-order chi connectivity index (χ0) is 12.3. The van der Waals surface area contributed by atoms with Crippen molar-refractivity contribution in [3.63, 3.8) is 0 Å². The first-order valence-corrected chi connectivity index (χ1v) is 5.69. The Labute approximate surface area is 99.2 Å². The van der Waals surface area contributed by atoms with Gasteiger partial charge in [-0.2, -0.15) is 0 Å². The van der Waals surface area contributed by atoms with Crippen LogP contribution in [0.25, 0.3) is 0 Å². The van der Waals surface area contributed by atoms with E-state index in [2.05, 4.69) is 20.8 Å². The molecule has 1 aliphatic heterocycles. The maximum absolute atomic E-state index is 11.7. The largest absolute Gasteiger partial charge is 0.392 e. The van der Waals surface area contributed by atoms with E-state index in [1.54, 1.807) is 6.33 Å². The third-order valence-electron chi connectivity index (χ3n) is 2.88. The second kappa shape index (κ2) is 5.24. The number of aryl methyl sites for hydroxylation is 1. The van der Waals surface area contributed by atoms with Gasteiger partial charge < -0.3 is 20.3 Å². The lowest BCUT2D eigenvalue weighted by Crippen LogP contribution is -2.41. The summed E-state index contributed by atoms with van der Waals surface area (Å²) in [6, 6.07) is -0.274. The average Bonchev–Trinajstić information content (AvgIpc) is 2.88. The molecule has 0 bridgehead atoms. The lowest BCUT2D eigenvalue weighted by Gasteiger charge is -2.10. The highest BCUT2D eigenvalue weighted by molar-refractivity contribution is 5.82. The molecule has 2 rings (SSSR count). The molecular formula is C10H17N5O2. The summed E-state index contributed by atoms with van der Waals surface area (Å²) in [5.41, 5.74) is 0. The van der Waals surface area contributed by atoms with Gasteiger partial charge in [-0.1, -0.05) is 0 Å². The Balaban J connectivity index is 1.72. The van der Waals surface area contributed by atoms with Gasteiger partial charge >= 0.3 is 0 Å². The molecule has 1 amide bonds. The fourth-order valence-corrected chi connectivity index (χ4v) is 1.87. The van der Waals surface area contributed by atoms with Crippen molar-refractivity contribution in [2.24, 2.45) is 7.05 Å². The Hall–Kier alpha value is -1.47. The Morgan fingerprint density at radius 3 is 3.18 bits per heavy atom. The Kier molecular flexibility index (Phi) is 3.70. The van der Waals surface area contributed by atoms with Crippen LogP contribution in [-0.2, 0) is 18.3 Å². The van der Waals surface area contributed by atoms with Crippen LogP contribution in [0.4, 0.5) is 0 Å². The van der Waals surface area contributed by atoms with Gasteiger partial charge in [0.15, 0.2) is 0 Å².